The number of ether oxygens (including phenoxy) is 1. The lowest BCUT2D eigenvalue weighted by Crippen LogP contribution is -2.25. The maximum Gasteiger partial charge on any atom is 0.271 e. The van der Waals surface area contributed by atoms with Gasteiger partial charge < -0.3 is 19.6 Å². The Bertz CT molecular complexity index is 1260. The van der Waals surface area contributed by atoms with E-state index in [1.165, 1.54) is 6.07 Å². The van der Waals surface area contributed by atoms with Gasteiger partial charge in [0.2, 0.25) is 0 Å². The first-order chi connectivity index (χ1) is 15.9. The van der Waals surface area contributed by atoms with Crippen LogP contribution in [0.1, 0.15) is 35.4 Å². The molecule has 1 amide bonds. The predicted molar refractivity (Wildman–Crippen MR) is 124 cm³/mol. The molecular weight excluding hydrogens is 422 g/mol. The highest BCUT2D eigenvalue weighted by Crippen LogP contribution is 2.26. The fourth-order valence-corrected chi connectivity index (χ4v) is 3.94. The molecule has 2 heterocycles. The zero-order valence-electron chi connectivity index (χ0n) is 18.2. The van der Waals surface area contributed by atoms with Gasteiger partial charge in [0.15, 0.2) is 0 Å². The van der Waals surface area contributed by atoms with Gasteiger partial charge in [-0.3, -0.25) is 14.9 Å². The molecule has 9 nitrogen and oxygen atoms in total. The fourth-order valence-electron chi connectivity index (χ4n) is 3.94. The van der Waals surface area contributed by atoms with Crippen LogP contribution >= 0.6 is 0 Å². The molecule has 0 bridgehead atoms. The van der Waals surface area contributed by atoms with E-state index in [4.69, 9.17) is 10.5 Å². The van der Waals surface area contributed by atoms with E-state index in [-0.39, 0.29) is 23.5 Å². The van der Waals surface area contributed by atoms with Crippen LogP contribution in [0.2, 0.25) is 0 Å². The number of nitrogens with two attached hydrogens (primary N) is 1. The number of carbonyl (C=O) groups is 1. The summed E-state index contributed by atoms with van der Waals surface area (Å²) in [4.78, 5) is 26.5. The molecule has 170 valence electrons. The number of primary amides is 1. The van der Waals surface area contributed by atoms with Crippen molar-refractivity contribution in [3.8, 4) is 0 Å². The molecule has 2 N–H and O–H groups in total. The Morgan fingerprint density at radius 2 is 2.00 bits per heavy atom. The first-order valence-corrected chi connectivity index (χ1v) is 10.6. The number of fused-ring (bicyclic) bond motifs is 1. The van der Waals surface area contributed by atoms with Gasteiger partial charge in [-0.15, -0.1) is 0 Å². The lowest BCUT2D eigenvalue weighted by molar-refractivity contribution is -0.384. The minimum Gasteiger partial charge on any atom is -0.372 e. The number of hydrogen-bond donors (Lipinski definition) is 1. The fraction of sp³-hybridized carbons (Fsp3) is 0.250. The summed E-state index contributed by atoms with van der Waals surface area (Å²) in [5.41, 5.74) is 7.49. The van der Waals surface area contributed by atoms with E-state index >= 15 is 0 Å². The molecule has 0 radical (unpaired) electrons. The number of imidazole rings is 1. The molecule has 0 aliphatic carbocycles. The van der Waals surface area contributed by atoms with E-state index in [2.05, 4.69) is 4.98 Å². The lowest BCUT2D eigenvalue weighted by Gasteiger charge is -2.26. The van der Waals surface area contributed by atoms with Gasteiger partial charge in [-0.1, -0.05) is 30.3 Å². The van der Waals surface area contributed by atoms with Crippen molar-refractivity contribution < 1.29 is 14.5 Å². The largest absolute Gasteiger partial charge is 0.372 e. The zero-order chi connectivity index (χ0) is 23.4. The van der Waals surface area contributed by atoms with Crippen molar-refractivity contribution in [3.05, 3.63) is 94.7 Å². The van der Waals surface area contributed by atoms with Gasteiger partial charge in [-0.05, 0) is 31.0 Å². The molecule has 9 heteroatoms. The summed E-state index contributed by atoms with van der Waals surface area (Å²) < 4.78 is 10.0. The number of aryl methyl sites for hydroxylation is 1. The molecule has 0 aliphatic heterocycles. The van der Waals surface area contributed by atoms with Gasteiger partial charge in [0.1, 0.15) is 5.69 Å². The number of amides is 1. The summed E-state index contributed by atoms with van der Waals surface area (Å²) >= 11 is 0. The number of nitrogens with zero attached hydrogens (tertiary/aromatic N) is 4. The maximum atomic E-state index is 11.6. The zero-order valence-corrected chi connectivity index (χ0v) is 18.2. The van der Waals surface area contributed by atoms with Gasteiger partial charge in [-0.25, -0.2) is 4.98 Å². The summed E-state index contributed by atoms with van der Waals surface area (Å²) in [6.45, 7) is 3.03. The van der Waals surface area contributed by atoms with Crippen LogP contribution in [0.3, 0.4) is 0 Å². The van der Waals surface area contributed by atoms with Crippen LogP contribution in [0.4, 0.5) is 5.69 Å². The number of aromatic nitrogens is 3. The van der Waals surface area contributed by atoms with E-state index in [9.17, 15) is 14.9 Å². The smallest absolute Gasteiger partial charge is 0.271 e. The monoisotopic (exact) mass is 447 g/mol. The number of carbonyl (C=O) groups excluding carboxylic acids is 1. The van der Waals surface area contributed by atoms with Crippen LogP contribution in [0.15, 0.2) is 73.3 Å². The maximum absolute atomic E-state index is 11.6. The Kier molecular flexibility index (Phi) is 6.50. The second-order valence-corrected chi connectivity index (χ2v) is 7.94. The molecule has 0 saturated heterocycles. The van der Waals surface area contributed by atoms with Gasteiger partial charge in [0.25, 0.3) is 11.6 Å². The van der Waals surface area contributed by atoms with Crippen LogP contribution in [-0.2, 0) is 17.9 Å². The van der Waals surface area contributed by atoms with Crippen LogP contribution in [0.25, 0.3) is 10.9 Å². The standard InChI is InChI=1S/C24H25N5O4/c1-17(33-15-18-5-3-2-4-6-18)22(28-14-21(24(25)30)26-16-28)10-12-27-11-9-19-7-8-20(29(31)32)13-23(19)27/h2-9,11,13-14,16-17,22H,10,12,15H2,1H3,(H2,25,30). The molecular formula is C24H25N5O4. The molecule has 33 heavy (non-hydrogen) atoms. The Labute approximate surface area is 190 Å². The number of rotatable bonds is 10. The number of nitro groups is 1. The molecule has 2 aromatic heterocycles. The van der Waals surface area contributed by atoms with E-state index in [0.29, 0.717) is 19.6 Å². The summed E-state index contributed by atoms with van der Waals surface area (Å²) in [7, 11) is 0. The molecule has 0 fully saturated rings. The minimum absolute atomic E-state index is 0.0549. The highest BCUT2D eigenvalue weighted by Gasteiger charge is 2.22. The Balaban J connectivity index is 1.55. The van der Waals surface area contributed by atoms with E-state index in [1.54, 1.807) is 24.7 Å². The minimum atomic E-state index is -0.589. The van der Waals surface area contributed by atoms with Crippen molar-refractivity contribution in [3.63, 3.8) is 0 Å². The predicted octanol–water partition coefficient (Wildman–Crippen LogP) is 4.08. The average Bonchev–Trinajstić information content (AvgIpc) is 3.46. The SMILES string of the molecule is CC(OCc1ccccc1)C(CCn1ccc2ccc([N+](=O)[O-])cc21)n1cnc(C(N)=O)c1. The van der Waals surface area contributed by atoms with Crippen molar-refractivity contribution in [2.75, 3.05) is 0 Å². The Hall–Kier alpha value is -3.98. The van der Waals surface area contributed by atoms with Crippen molar-refractivity contribution in [1.82, 2.24) is 14.1 Å². The Morgan fingerprint density at radius 1 is 1.21 bits per heavy atom. The summed E-state index contributed by atoms with van der Waals surface area (Å²) in [5.74, 6) is -0.589. The van der Waals surface area contributed by atoms with Gasteiger partial charge in [0.05, 0.1) is 35.5 Å². The van der Waals surface area contributed by atoms with E-state index < -0.39 is 10.8 Å². The highest BCUT2D eigenvalue weighted by molar-refractivity contribution is 5.90. The second kappa shape index (κ2) is 9.66. The third kappa shape index (κ3) is 5.09. The Morgan fingerprint density at radius 3 is 2.70 bits per heavy atom. The third-order valence-electron chi connectivity index (χ3n) is 5.77. The van der Waals surface area contributed by atoms with Crippen LogP contribution < -0.4 is 5.73 Å². The van der Waals surface area contributed by atoms with Crippen molar-refractivity contribution in [1.29, 1.82) is 0 Å². The lowest BCUT2D eigenvalue weighted by atomic mass is 10.1. The molecule has 4 rings (SSSR count). The third-order valence-corrected chi connectivity index (χ3v) is 5.77. The summed E-state index contributed by atoms with van der Waals surface area (Å²) in [6, 6.07) is 16.5. The summed E-state index contributed by atoms with van der Waals surface area (Å²) in [5, 5.41) is 12.1. The van der Waals surface area contributed by atoms with Crippen LogP contribution in [0.5, 0.6) is 0 Å². The van der Waals surface area contributed by atoms with Crippen LogP contribution in [-0.4, -0.2) is 31.1 Å². The topological polar surface area (TPSA) is 118 Å². The van der Waals surface area contributed by atoms with Gasteiger partial charge in [0, 0.05) is 36.5 Å². The molecule has 2 aromatic carbocycles. The number of hydrogen-bond acceptors (Lipinski definition) is 5. The molecule has 0 saturated carbocycles. The molecule has 2 unspecified atom stereocenters. The number of benzene rings is 2. The molecule has 0 spiro atoms. The highest BCUT2D eigenvalue weighted by atomic mass is 16.6. The first-order valence-electron chi connectivity index (χ1n) is 10.6. The van der Waals surface area contributed by atoms with E-state index in [1.807, 2.05) is 58.7 Å². The molecule has 4 aromatic rings. The number of nitro benzene ring substituents is 1. The van der Waals surface area contributed by atoms with Gasteiger partial charge >= 0.3 is 0 Å². The average molecular weight is 447 g/mol. The molecule has 2 atom stereocenters. The van der Waals surface area contributed by atoms with Crippen LogP contribution in [0, 0.1) is 10.1 Å². The van der Waals surface area contributed by atoms with Crippen molar-refractivity contribution >= 4 is 22.5 Å². The van der Waals surface area contributed by atoms with Crippen molar-refractivity contribution in [2.45, 2.75) is 38.6 Å². The summed E-state index contributed by atoms with van der Waals surface area (Å²) in [6.07, 6.45) is 5.59. The first kappa shape index (κ1) is 22.2. The van der Waals surface area contributed by atoms with Crippen molar-refractivity contribution in [2.24, 2.45) is 5.73 Å². The molecule has 0 aliphatic rings. The van der Waals surface area contributed by atoms with E-state index in [0.717, 1.165) is 16.5 Å². The normalized spacial score (nSPS) is 13.1. The number of non-ortho nitro benzene ring substituents is 1. The quantitative estimate of drug-likeness (QED) is 0.290. The second-order valence-electron chi connectivity index (χ2n) is 7.94. The van der Waals surface area contributed by atoms with Gasteiger partial charge in [-0.2, -0.15) is 0 Å².